The third-order valence-electron chi connectivity index (χ3n) is 4.53. The minimum Gasteiger partial charge on any atom is -0.481 e. The minimum absolute atomic E-state index is 0.302. The Kier molecular flexibility index (Phi) is 4.09. The average Bonchev–Trinajstić information content (AvgIpc) is 2.85. The minimum atomic E-state index is -0.937. The third-order valence-corrected chi connectivity index (χ3v) is 4.78. The molecule has 6 nitrogen and oxygen atoms in total. The van der Waals surface area contributed by atoms with Crippen molar-refractivity contribution in [3.8, 4) is 0 Å². The molecule has 3 rings (SSSR count). The second kappa shape index (κ2) is 5.94. The number of aromatic nitrogens is 2. The zero-order valence-corrected chi connectivity index (χ0v) is 14.1. The lowest BCUT2D eigenvalue weighted by molar-refractivity contribution is -0.140. The lowest BCUT2D eigenvalue weighted by Gasteiger charge is -2.04. The number of carbonyl (C=O) groups is 2. The van der Waals surface area contributed by atoms with Crippen LogP contribution in [0.5, 0.6) is 0 Å². The van der Waals surface area contributed by atoms with Crippen LogP contribution in [0.25, 0.3) is 0 Å². The molecule has 1 saturated carbocycles. The average molecular weight is 348 g/mol. The van der Waals surface area contributed by atoms with Gasteiger partial charge in [-0.25, -0.2) is 0 Å². The number of carboxylic acids is 1. The van der Waals surface area contributed by atoms with Crippen LogP contribution in [0.15, 0.2) is 36.5 Å². The molecule has 1 heterocycles. The molecule has 0 radical (unpaired) electrons. The Morgan fingerprint density at radius 3 is 2.50 bits per heavy atom. The molecular weight excluding hydrogens is 330 g/mol. The number of hydrogen-bond acceptors (Lipinski definition) is 3. The summed E-state index contributed by atoms with van der Waals surface area (Å²) in [6.45, 7) is 4.13. The van der Waals surface area contributed by atoms with Crippen molar-refractivity contribution < 1.29 is 14.7 Å². The summed E-state index contributed by atoms with van der Waals surface area (Å²) >= 11 is 5.86. The van der Waals surface area contributed by atoms with Gasteiger partial charge in [-0.1, -0.05) is 37.6 Å². The molecule has 0 bridgehead atoms. The molecule has 0 unspecified atom stereocenters. The predicted molar refractivity (Wildman–Crippen MR) is 89.8 cm³/mol. The number of carbonyl (C=O) groups excluding carboxylic acids is 1. The quantitative estimate of drug-likeness (QED) is 0.871. The van der Waals surface area contributed by atoms with Crippen LogP contribution in [0.4, 0.5) is 5.82 Å². The van der Waals surface area contributed by atoms with Crippen LogP contribution in [-0.2, 0) is 16.1 Å². The van der Waals surface area contributed by atoms with Crippen molar-refractivity contribution in [3.63, 3.8) is 0 Å². The first-order valence-corrected chi connectivity index (χ1v) is 7.98. The number of amides is 1. The van der Waals surface area contributed by atoms with E-state index in [1.54, 1.807) is 30.8 Å². The van der Waals surface area contributed by atoms with Gasteiger partial charge in [0.25, 0.3) is 0 Å². The monoisotopic (exact) mass is 347 g/mol. The Balaban J connectivity index is 1.63. The standard InChI is InChI=1S/C17H18ClN3O3/c1-17(2)13(14(17)16(23)24)15(22)19-12-7-8-21(20-12)9-10-3-5-11(18)6-4-10/h3-8,13-14H,9H2,1-2H3,(H,23,24)(H,19,20,22)/t13-,14-/m1/s1. The maximum atomic E-state index is 12.3. The smallest absolute Gasteiger partial charge is 0.307 e. The molecular formula is C17H18ClN3O3. The van der Waals surface area contributed by atoms with Crippen molar-refractivity contribution in [2.75, 3.05) is 5.32 Å². The molecule has 1 fully saturated rings. The second-order valence-corrected chi connectivity index (χ2v) is 7.07. The van der Waals surface area contributed by atoms with Crippen LogP contribution in [-0.4, -0.2) is 26.8 Å². The highest BCUT2D eigenvalue weighted by Crippen LogP contribution is 2.58. The fourth-order valence-electron chi connectivity index (χ4n) is 3.09. The van der Waals surface area contributed by atoms with Gasteiger partial charge < -0.3 is 10.4 Å². The lowest BCUT2D eigenvalue weighted by Crippen LogP contribution is -2.18. The first-order valence-electron chi connectivity index (χ1n) is 7.60. The second-order valence-electron chi connectivity index (χ2n) is 6.63. The van der Waals surface area contributed by atoms with E-state index < -0.39 is 23.2 Å². The van der Waals surface area contributed by atoms with Gasteiger partial charge in [0.15, 0.2) is 5.82 Å². The Morgan fingerprint density at radius 2 is 1.92 bits per heavy atom. The van der Waals surface area contributed by atoms with Gasteiger partial charge >= 0.3 is 5.97 Å². The van der Waals surface area contributed by atoms with E-state index in [1.807, 2.05) is 24.3 Å². The van der Waals surface area contributed by atoms with Crippen LogP contribution >= 0.6 is 11.6 Å². The number of rotatable bonds is 5. The predicted octanol–water partition coefficient (Wildman–Crippen LogP) is 2.88. The van der Waals surface area contributed by atoms with Crippen molar-refractivity contribution in [1.29, 1.82) is 0 Å². The number of halogens is 1. The summed E-state index contributed by atoms with van der Waals surface area (Å²) in [6.07, 6.45) is 1.76. The number of anilines is 1. The van der Waals surface area contributed by atoms with Crippen LogP contribution in [0, 0.1) is 17.3 Å². The number of benzene rings is 1. The molecule has 2 atom stereocenters. The summed E-state index contributed by atoms with van der Waals surface area (Å²) in [6, 6.07) is 9.13. The van der Waals surface area contributed by atoms with Crippen LogP contribution in [0.2, 0.25) is 5.02 Å². The summed E-state index contributed by atoms with van der Waals surface area (Å²) in [4.78, 5) is 23.4. The molecule has 2 N–H and O–H groups in total. The van der Waals surface area contributed by atoms with Gasteiger partial charge in [-0.15, -0.1) is 0 Å². The van der Waals surface area contributed by atoms with Crippen LogP contribution in [0.1, 0.15) is 19.4 Å². The Morgan fingerprint density at radius 1 is 1.25 bits per heavy atom. The van der Waals surface area contributed by atoms with Crippen molar-refractivity contribution in [2.45, 2.75) is 20.4 Å². The molecule has 1 aliphatic rings. The van der Waals surface area contributed by atoms with Crippen molar-refractivity contribution >= 4 is 29.3 Å². The van der Waals surface area contributed by atoms with Gasteiger partial charge in [-0.3, -0.25) is 14.3 Å². The van der Waals surface area contributed by atoms with E-state index >= 15 is 0 Å². The van der Waals surface area contributed by atoms with Gasteiger partial charge in [-0.2, -0.15) is 5.10 Å². The molecule has 1 aromatic carbocycles. The highest BCUT2D eigenvalue weighted by molar-refractivity contribution is 6.30. The number of aliphatic carboxylic acids is 1. The zero-order chi connectivity index (χ0) is 17.5. The summed E-state index contributed by atoms with van der Waals surface area (Å²) < 4.78 is 1.70. The molecule has 1 amide bonds. The van der Waals surface area contributed by atoms with E-state index in [-0.39, 0.29) is 5.91 Å². The third kappa shape index (κ3) is 3.14. The maximum absolute atomic E-state index is 12.3. The summed E-state index contributed by atoms with van der Waals surface area (Å²) in [5, 5.41) is 16.8. The molecule has 2 aromatic rings. The molecule has 24 heavy (non-hydrogen) atoms. The topological polar surface area (TPSA) is 84.2 Å². The first-order chi connectivity index (χ1) is 11.3. The van der Waals surface area contributed by atoms with Crippen LogP contribution in [0.3, 0.4) is 0 Å². The maximum Gasteiger partial charge on any atom is 0.307 e. The molecule has 0 saturated heterocycles. The molecule has 0 spiro atoms. The first kappa shape index (κ1) is 16.5. The van der Waals surface area contributed by atoms with Gasteiger partial charge in [0.1, 0.15) is 0 Å². The summed E-state index contributed by atoms with van der Waals surface area (Å²) in [7, 11) is 0. The van der Waals surface area contributed by atoms with E-state index in [1.165, 1.54) is 0 Å². The van der Waals surface area contributed by atoms with E-state index in [9.17, 15) is 9.59 Å². The Labute approximate surface area is 144 Å². The summed E-state index contributed by atoms with van der Waals surface area (Å²) in [5.41, 5.74) is 0.511. The van der Waals surface area contributed by atoms with E-state index in [4.69, 9.17) is 16.7 Å². The Hall–Kier alpha value is -2.34. The van der Waals surface area contributed by atoms with Gasteiger partial charge in [0.05, 0.1) is 18.4 Å². The molecule has 126 valence electrons. The van der Waals surface area contributed by atoms with E-state index in [0.29, 0.717) is 17.4 Å². The van der Waals surface area contributed by atoms with Gasteiger partial charge in [0, 0.05) is 17.3 Å². The summed E-state index contributed by atoms with van der Waals surface area (Å²) in [5.74, 6) is -2.00. The number of carboxylic acid groups (broad SMARTS) is 1. The number of hydrogen-bond donors (Lipinski definition) is 2. The normalized spacial score (nSPS) is 21.3. The molecule has 1 aliphatic carbocycles. The van der Waals surface area contributed by atoms with Crippen molar-refractivity contribution in [3.05, 3.63) is 47.1 Å². The Bertz CT molecular complexity index is 783. The fraction of sp³-hybridized carbons (Fsp3) is 0.353. The molecule has 0 aliphatic heterocycles. The molecule has 1 aromatic heterocycles. The fourth-order valence-corrected chi connectivity index (χ4v) is 3.21. The highest BCUT2D eigenvalue weighted by atomic mass is 35.5. The largest absolute Gasteiger partial charge is 0.481 e. The van der Waals surface area contributed by atoms with Crippen molar-refractivity contribution in [1.82, 2.24) is 9.78 Å². The van der Waals surface area contributed by atoms with Gasteiger partial charge in [0.2, 0.25) is 5.91 Å². The van der Waals surface area contributed by atoms with Crippen LogP contribution < -0.4 is 5.32 Å². The van der Waals surface area contributed by atoms with Crippen molar-refractivity contribution in [2.24, 2.45) is 17.3 Å². The number of nitrogens with one attached hydrogen (secondary N) is 1. The van der Waals surface area contributed by atoms with Gasteiger partial charge in [-0.05, 0) is 23.1 Å². The SMILES string of the molecule is CC1(C)[C@@H](C(=O)O)[C@@H]1C(=O)Nc1ccn(Cc2ccc(Cl)cc2)n1. The lowest BCUT2D eigenvalue weighted by atomic mass is 10.1. The van der Waals surface area contributed by atoms with E-state index in [0.717, 1.165) is 5.56 Å². The number of nitrogens with zero attached hydrogens (tertiary/aromatic N) is 2. The highest BCUT2D eigenvalue weighted by Gasteiger charge is 2.65. The van der Waals surface area contributed by atoms with E-state index in [2.05, 4.69) is 10.4 Å². The molecule has 7 heteroatoms. The zero-order valence-electron chi connectivity index (χ0n) is 13.4.